The Labute approximate surface area is 198 Å². The van der Waals surface area contributed by atoms with Crippen molar-refractivity contribution in [3.05, 3.63) is 52.2 Å². The molecule has 2 heterocycles. The van der Waals surface area contributed by atoms with E-state index >= 15 is 0 Å². The Hall–Kier alpha value is -1.18. The lowest BCUT2D eigenvalue weighted by molar-refractivity contribution is 0.588. The van der Waals surface area contributed by atoms with Crippen molar-refractivity contribution in [1.29, 1.82) is 0 Å². The molecule has 0 aliphatic rings. The van der Waals surface area contributed by atoms with E-state index in [1.165, 1.54) is 8.93 Å². The van der Waals surface area contributed by atoms with Crippen LogP contribution < -0.4 is 10.6 Å². The third-order valence-electron chi connectivity index (χ3n) is 3.71. The van der Waals surface area contributed by atoms with Crippen molar-refractivity contribution < 1.29 is 4.57 Å². The van der Waals surface area contributed by atoms with Gasteiger partial charge in [-0.1, -0.05) is 6.07 Å². The van der Waals surface area contributed by atoms with Gasteiger partial charge in [-0.15, -0.1) is 0 Å². The summed E-state index contributed by atoms with van der Waals surface area (Å²) in [5, 5.41) is 6.85. The molecule has 1 N–H and O–H groups in total. The van der Waals surface area contributed by atoms with Crippen molar-refractivity contribution in [1.82, 2.24) is 19.9 Å². The highest BCUT2D eigenvalue weighted by Gasteiger charge is 2.19. The van der Waals surface area contributed by atoms with E-state index in [-0.39, 0.29) is 5.28 Å². The van der Waals surface area contributed by atoms with Gasteiger partial charge in [0.2, 0.25) is 5.28 Å². The summed E-state index contributed by atoms with van der Waals surface area (Å²) in [5.41, 5.74) is 2.75. The molecule has 11 heteroatoms. The van der Waals surface area contributed by atoms with Gasteiger partial charge in [0.1, 0.15) is 18.7 Å². The van der Waals surface area contributed by atoms with Crippen molar-refractivity contribution in [2.75, 3.05) is 18.6 Å². The molecule has 0 spiro atoms. The third-order valence-corrected chi connectivity index (χ3v) is 6.84. The lowest BCUT2D eigenvalue weighted by Gasteiger charge is -2.17. The minimum atomic E-state index is -2.62. The van der Waals surface area contributed by atoms with Crippen LogP contribution in [-0.2, 0) is 4.57 Å². The first-order chi connectivity index (χ1) is 13.8. The Morgan fingerprint density at radius 3 is 2.66 bits per heavy atom. The highest BCUT2D eigenvalue weighted by Crippen LogP contribution is 2.40. The Morgan fingerprint density at radius 1 is 1.21 bits per heavy atom. The quantitative estimate of drug-likeness (QED) is 0.173. The predicted molar refractivity (Wildman–Crippen MR) is 133 cm³/mol. The summed E-state index contributed by atoms with van der Waals surface area (Å²) >= 11 is 11.4. The number of rotatable bonds is 4. The molecule has 0 saturated heterocycles. The van der Waals surface area contributed by atoms with E-state index in [2.05, 4.69) is 73.6 Å². The van der Waals surface area contributed by atoms with Gasteiger partial charge in [0.25, 0.3) is 0 Å². The minimum absolute atomic E-state index is 0.115. The predicted octanol–water partition coefficient (Wildman–Crippen LogP) is 5.73. The Bertz CT molecular complexity index is 1160. The Balaban J connectivity index is 2.00. The summed E-state index contributed by atoms with van der Waals surface area (Å²) in [6, 6.07) is 5.58. The molecule has 0 saturated carbocycles. The smallest absolute Gasteiger partial charge is 0.224 e. The van der Waals surface area contributed by atoms with E-state index < -0.39 is 7.14 Å². The fourth-order valence-corrected chi connectivity index (χ4v) is 4.47. The third kappa shape index (κ3) is 5.92. The van der Waals surface area contributed by atoms with E-state index in [4.69, 9.17) is 11.6 Å². The Morgan fingerprint density at radius 2 is 2.00 bits per heavy atom. The number of aromatic nitrogens is 4. The van der Waals surface area contributed by atoms with E-state index in [9.17, 15) is 4.57 Å². The second-order valence-electron chi connectivity index (χ2n) is 6.13. The average Bonchev–Trinajstić information content (AvgIpc) is 2.69. The molecule has 6 nitrogen and oxygen atoms in total. The highest BCUT2D eigenvalue weighted by atomic mass is 127. The molecule has 1 aromatic carbocycles. The van der Waals surface area contributed by atoms with Crippen molar-refractivity contribution in [2.24, 2.45) is 0 Å². The summed E-state index contributed by atoms with van der Waals surface area (Å²) in [5.74, 6) is 3.39. The molecule has 148 valence electrons. The number of nitrogens with zero attached hydrogens (tertiary/aromatic N) is 4. The van der Waals surface area contributed by atoms with Crippen LogP contribution in [0, 0.1) is 11.2 Å². The summed E-state index contributed by atoms with van der Waals surface area (Å²) in [6.45, 7) is 3.43. The molecule has 0 bridgehead atoms. The van der Waals surface area contributed by atoms with Gasteiger partial charge < -0.3 is 9.88 Å². The first kappa shape index (κ1) is 22.5. The van der Waals surface area contributed by atoms with Crippen LogP contribution in [-0.4, -0.2) is 33.3 Å². The number of benzene rings is 1. The molecular weight excluding hydrogens is 608 g/mol. The van der Waals surface area contributed by atoms with Crippen LogP contribution in [0.3, 0.4) is 0 Å². The van der Waals surface area contributed by atoms with Crippen molar-refractivity contribution >= 4 is 81.6 Å². The maximum Gasteiger partial charge on any atom is 0.224 e. The van der Waals surface area contributed by atoms with E-state index in [1.54, 1.807) is 31.9 Å². The number of halogens is 3. The molecular formula is C18H13BrClIN5OPS. The molecule has 2 aromatic heterocycles. The zero-order valence-electron chi connectivity index (χ0n) is 15.2. The molecule has 0 amide bonds. The lowest BCUT2D eigenvalue weighted by atomic mass is 10.1. The lowest BCUT2D eigenvalue weighted by Crippen LogP contribution is -2.11. The molecule has 29 heavy (non-hydrogen) atoms. The standard InChI is InChI=1S/C18H13BrClIN5OPS/c1-28(2,27)16-7-11(15-10-22-12(8-23-15)5-6-29-21)3-4-14(16)25-17-13(19)9-24-18(20)26-17/h3-4,7-10H,1-2H3,(H,24,25,26). The molecule has 0 aliphatic carbocycles. The van der Waals surface area contributed by atoms with Gasteiger partial charge in [0.15, 0.2) is 0 Å². The van der Waals surface area contributed by atoms with Gasteiger partial charge in [0, 0.05) is 38.3 Å². The summed E-state index contributed by atoms with van der Waals surface area (Å²) in [6.07, 6.45) is 4.84. The largest absolute Gasteiger partial charge is 0.339 e. The van der Waals surface area contributed by atoms with Gasteiger partial charge in [-0.05, 0) is 73.1 Å². The van der Waals surface area contributed by atoms with E-state index in [0.29, 0.717) is 32.7 Å². The van der Waals surface area contributed by atoms with Crippen LogP contribution in [0.4, 0.5) is 11.5 Å². The fourth-order valence-electron chi connectivity index (χ4n) is 2.42. The highest BCUT2D eigenvalue weighted by molar-refractivity contribution is 14.2. The molecule has 0 aliphatic heterocycles. The number of hydrogen-bond acceptors (Lipinski definition) is 7. The van der Waals surface area contributed by atoms with Gasteiger partial charge in [-0.25, -0.2) is 9.97 Å². The number of anilines is 2. The van der Waals surface area contributed by atoms with Gasteiger partial charge in [-0.3, -0.25) is 4.98 Å². The van der Waals surface area contributed by atoms with E-state index in [1.807, 2.05) is 18.2 Å². The second-order valence-corrected chi connectivity index (χ2v) is 12.2. The van der Waals surface area contributed by atoms with Crippen molar-refractivity contribution in [3.63, 3.8) is 0 Å². The van der Waals surface area contributed by atoms with Crippen LogP contribution in [0.25, 0.3) is 11.3 Å². The summed E-state index contributed by atoms with van der Waals surface area (Å²) < 4.78 is 13.6. The van der Waals surface area contributed by atoms with Crippen LogP contribution in [0.2, 0.25) is 5.28 Å². The van der Waals surface area contributed by atoms with Crippen LogP contribution in [0.5, 0.6) is 0 Å². The van der Waals surface area contributed by atoms with Crippen LogP contribution in [0.15, 0.2) is 41.3 Å². The first-order valence-corrected chi connectivity index (χ1v) is 15.2. The SMILES string of the molecule is CP(C)(=O)c1cc(-c2cnc(C#CSI)cn2)ccc1Nc1nc(Cl)ncc1Br. The molecule has 0 fully saturated rings. The Kier molecular flexibility index (Phi) is 7.57. The molecule has 3 rings (SSSR count). The maximum atomic E-state index is 13.0. The van der Waals surface area contributed by atoms with Crippen molar-refractivity contribution in [3.8, 4) is 22.4 Å². The van der Waals surface area contributed by atoms with Gasteiger partial charge in [-0.2, -0.15) is 4.98 Å². The molecule has 3 aromatic rings. The topological polar surface area (TPSA) is 80.7 Å². The number of nitrogens with one attached hydrogen (secondary N) is 1. The average molecular weight is 621 g/mol. The zero-order chi connectivity index (χ0) is 21.0. The fraction of sp³-hybridized carbons (Fsp3) is 0.111. The summed E-state index contributed by atoms with van der Waals surface area (Å²) in [7, 11) is -1.23. The number of hydrogen-bond donors (Lipinski definition) is 1. The first-order valence-electron chi connectivity index (χ1n) is 8.03. The van der Waals surface area contributed by atoms with Crippen LogP contribution in [0.1, 0.15) is 5.69 Å². The summed E-state index contributed by atoms with van der Waals surface area (Å²) in [4.78, 5) is 16.8. The van der Waals surface area contributed by atoms with Crippen molar-refractivity contribution in [2.45, 2.75) is 0 Å². The van der Waals surface area contributed by atoms with Gasteiger partial charge >= 0.3 is 0 Å². The normalized spacial score (nSPS) is 10.9. The molecule has 0 unspecified atom stereocenters. The zero-order valence-corrected chi connectivity index (χ0v) is 21.4. The second kappa shape index (κ2) is 9.75. The molecule has 0 atom stereocenters. The maximum absolute atomic E-state index is 13.0. The monoisotopic (exact) mass is 619 g/mol. The molecule has 0 radical (unpaired) electrons. The minimum Gasteiger partial charge on any atom is -0.339 e. The van der Waals surface area contributed by atoms with Gasteiger partial charge in [0.05, 0.1) is 28.2 Å². The van der Waals surface area contributed by atoms with E-state index in [0.717, 1.165) is 5.56 Å². The van der Waals surface area contributed by atoms with Crippen LogP contribution >= 0.6 is 64.8 Å².